The molecule has 1 saturated heterocycles. The molecule has 1 amide bonds. The third-order valence-electron chi connectivity index (χ3n) is 3.72. The van der Waals surface area contributed by atoms with Gasteiger partial charge >= 0.3 is 0 Å². The van der Waals surface area contributed by atoms with Crippen molar-refractivity contribution in [1.82, 2.24) is 4.90 Å². The zero-order valence-electron chi connectivity index (χ0n) is 8.91. The van der Waals surface area contributed by atoms with Crippen LogP contribution in [0.1, 0.15) is 32.6 Å². The Balaban J connectivity index is 1.94. The maximum atomic E-state index is 12.1. The zero-order valence-corrected chi connectivity index (χ0v) is 8.91. The van der Waals surface area contributed by atoms with Crippen LogP contribution in [-0.2, 0) is 4.79 Å². The van der Waals surface area contributed by atoms with Crippen molar-refractivity contribution >= 4 is 5.91 Å². The summed E-state index contributed by atoms with van der Waals surface area (Å²) in [5.41, 5.74) is 5.80. The highest BCUT2D eigenvalue weighted by atomic mass is 16.2. The lowest BCUT2D eigenvalue weighted by Gasteiger charge is -2.22. The van der Waals surface area contributed by atoms with Crippen molar-refractivity contribution < 1.29 is 4.79 Å². The lowest BCUT2D eigenvalue weighted by atomic mass is 9.97. The van der Waals surface area contributed by atoms with Gasteiger partial charge in [0.1, 0.15) is 0 Å². The van der Waals surface area contributed by atoms with Gasteiger partial charge in [0, 0.05) is 25.0 Å². The molecule has 3 heteroatoms. The van der Waals surface area contributed by atoms with Crippen LogP contribution in [0.15, 0.2) is 0 Å². The van der Waals surface area contributed by atoms with E-state index in [9.17, 15) is 4.79 Å². The van der Waals surface area contributed by atoms with Crippen molar-refractivity contribution in [3.05, 3.63) is 0 Å². The van der Waals surface area contributed by atoms with Crippen molar-refractivity contribution in [2.75, 3.05) is 13.1 Å². The molecule has 3 nitrogen and oxygen atoms in total. The van der Waals surface area contributed by atoms with Crippen molar-refractivity contribution in [3.63, 3.8) is 0 Å². The molecule has 0 spiro atoms. The SMILES string of the molecule is CC1CCCC1C(=O)N1CC[C@H](N)C1. The van der Waals surface area contributed by atoms with Crippen LogP contribution in [0.4, 0.5) is 0 Å². The van der Waals surface area contributed by atoms with E-state index in [0.717, 1.165) is 25.9 Å². The minimum Gasteiger partial charge on any atom is -0.341 e. The van der Waals surface area contributed by atoms with Crippen molar-refractivity contribution in [3.8, 4) is 0 Å². The van der Waals surface area contributed by atoms with Crippen LogP contribution >= 0.6 is 0 Å². The Morgan fingerprint density at radius 2 is 2.14 bits per heavy atom. The molecule has 2 N–H and O–H groups in total. The molecule has 0 aromatic heterocycles. The summed E-state index contributed by atoms with van der Waals surface area (Å²) in [4.78, 5) is 14.0. The van der Waals surface area contributed by atoms with Crippen LogP contribution in [0.5, 0.6) is 0 Å². The van der Waals surface area contributed by atoms with E-state index in [1.54, 1.807) is 0 Å². The van der Waals surface area contributed by atoms with Crippen LogP contribution in [0.2, 0.25) is 0 Å². The number of nitrogens with zero attached hydrogens (tertiary/aromatic N) is 1. The summed E-state index contributed by atoms with van der Waals surface area (Å²) in [5.74, 6) is 1.24. The largest absolute Gasteiger partial charge is 0.341 e. The van der Waals surface area contributed by atoms with E-state index >= 15 is 0 Å². The Labute approximate surface area is 85.6 Å². The van der Waals surface area contributed by atoms with Gasteiger partial charge in [-0.2, -0.15) is 0 Å². The van der Waals surface area contributed by atoms with Gasteiger partial charge < -0.3 is 10.6 Å². The lowest BCUT2D eigenvalue weighted by molar-refractivity contribution is -0.135. The normalized spacial score (nSPS) is 37.9. The van der Waals surface area contributed by atoms with Gasteiger partial charge in [-0.1, -0.05) is 13.3 Å². The molecule has 0 radical (unpaired) electrons. The molecule has 2 aliphatic rings. The first-order valence-electron chi connectivity index (χ1n) is 5.73. The predicted octanol–water partition coefficient (Wildman–Crippen LogP) is 0.982. The average molecular weight is 196 g/mol. The van der Waals surface area contributed by atoms with E-state index in [-0.39, 0.29) is 6.04 Å². The van der Waals surface area contributed by atoms with Gasteiger partial charge in [-0.25, -0.2) is 0 Å². The topological polar surface area (TPSA) is 46.3 Å². The first kappa shape index (κ1) is 9.97. The smallest absolute Gasteiger partial charge is 0.226 e. The van der Waals surface area contributed by atoms with Gasteiger partial charge in [0.15, 0.2) is 0 Å². The number of amides is 1. The number of nitrogens with two attached hydrogens (primary N) is 1. The molecule has 2 rings (SSSR count). The van der Waals surface area contributed by atoms with Crippen LogP contribution in [0, 0.1) is 11.8 Å². The summed E-state index contributed by atoms with van der Waals surface area (Å²) in [6.45, 7) is 3.86. The Morgan fingerprint density at radius 3 is 2.64 bits per heavy atom. The van der Waals surface area contributed by atoms with Gasteiger partial charge in [0.05, 0.1) is 0 Å². The molecule has 2 unspecified atom stereocenters. The van der Waals surface area contributed by atoms with Gasteiger partial charge in [-0.3, -0.25) is 4.79 Å². The highest BCUT2D eigenvalue weighted by Crippen LogP contribution is 2.33. The Bertz CT molecular complexity index is 229. The van der Waals surface area contributed by atoms with Crippen molar-refractivity contribution in [2.24, 2.45) is 17.6 Å². The van der Waals surface area contributed by atoms with Gasteiger partial charge in [0.25, 0.3) is 0 Å². The number of carbonyl (C=O) groups excluding carboxylic acids is 1. The highest BCUT2D eigenvalue weighted by Gasteiger charge is 2.34. The Morgan fingerprint density at radius 1 is 1.36 bits per heavy atom. The number of rotatable bonds is 1. The lowest BCUT2D eigenvalue weighted by Crippen LogP contribution is -2.37. The molecule has 14 heavy (non-hydrogen) atoms. The van der Waals surface area contributed by atoms with E-state index in [2.05, 4.69) is 6.92 Å². The summed E-state index contributed by atoms with van der Waals surface area (Å²) in [5, 5.41) is 0. The van der Waals surface area contributed by atoms with E-state index in [1.807, 2.05) is 4.90 Å². The highest BCUT2D eigenvalue weighted by molar-refractivity contribution is 5.79. The van der Waals surface area contributed by atoms with Gasteiger partial charge in [0.2, 0.25) is 5.91 Å². The van der Waals surface area contributed by atoms with Crippen LogP contribution in [0.3, 0.4) is 0 Å². The monoisotopic (exact) mass is 196 g/mol. The van der Waals surface area contributed by atoms with Crippen LogP contribution in [0.25, 0.3) is 0 Å². The Kier molecular flexibility index (Phi) is 2.77. The number of carbonyl (C=O) groups is 1. The first-order valence-corrected chi connectivity index (χ1v) is 5.73. The molecule has 80 valence electrons. The van der Waals surface area contributed by atoms with E-state index < -0.39 is 0 Å². The van der Waals surface area contributed by atoms with Gasteiger partial charge in [-0.05, 0) is 25.2 Å². The molecule has 0 bridgehead atoms. The molecule has 1 saturated carbocycles. The number of hydrogen-bond acceptors (Lipinski definition) is 2. The van der Waals surface area contributed by atoms with Crippen LogP contribution < -0.4 is 5.73 Å². The van der Waals surface area contributed by atoms with E-state index in [4.69, 9.17) is 5.73 Å². The maximum Gasteiger partial charge on any atom is 0.226 e. The second-order valence-electron chi connectivity index (χ2n) is 4.85. The minimum atomic E-state index is 0.218. The summed E-state index contributed by atoms with van der Waals surface area (Å²) < 4.78 is 0. The van der Waals surface area contributed by atoms with Gasteiger partial charge in [-0.15, -0.1) is 0 Å². The third-order valence-corrected chi connectivity index (χ3v) is 3.72. The molecule has 3 atom stereocenters. The van der Waals surface area contributed by atoms with Crippen LogP contribution in [-0.4, -0.2) is 29.9 Å². The third kappa shape index (κ3) is 1.78. The quantitative estimate of drug-likeness (QED) is 0.679. The Hall–Kier alpha value is -0.570. The summed E-state index contributed by atoms with van der Waals surface area (Å²) in [6.07, 6.45) is 4.51. The molecule has 1 aliphatic carbocycles. The fourth-order valence-electron chi connectivity index (χ4n) is 2.73. The first-order chi connectivity index (χ1) is 6.68. The van der Waals surface area contributed by atoms with E-state index in [1.165, 1.54) is 12.8 Å². The summed E-state index contributed by atoms with van der Waals surface area (Å²) in [7, 11) is 0. The van der Waals surface area contributed by atoms with Crippen molar-refractivity contribution in [2.45, 2.75) is 38.6 Å². The zero-order chi connectivity index (χ0) is 10.1. The van der Waals surface area contributed by atoms with Crippen molar-refractivity contribution in [1.29, 1.82) is 0 Å². The fraction of sp³-hybridized carbons (Fsp3) is 0.909. The molecule has 1 aliphatic heterocycles. The molecule has 0 aromatic rings. The molecular formula is C11H20N2O. The fourth-order valence-corrected chi connectivity index (χ4v) is 2.73. The molecule has 2 fully saturated rings. The van der Waals surface area contributed by atoms with E-state index in [0.29, 0.717) is 17.7 Å². The summed E-state index contributed by atoms with van der Waals surface area (Å²) >= 11 is 0. The predicted molar refractivity (Wildman–Crippen MR) is 55.7 cm³/mol. The molecule has 0 aromatic carbocycles. The molecular weight excluding hydrogens is 176 g/mol. The molecule has 1 heterocycles. The average Bonchev–Trinajstić information content (AvgIpc) is 2.73. The minimum absolute atomic E-state index is 0.218. The summed E-state index contributed by atoms with van der Waals surface area (Å²) in [6, 6.07) is 0.218. The standard InChI is InChI=1S/C11H20N2O/c1-8-3-2-4-10(8)11(14)13-6-5-9(12)7-13/h8-10H,2-7,12H2,1H3/t8?,9-,10?/m0/s1. The second-order valence-corrected chi connectivity index (χ2v) is 4.85. The maximum absolute atomic E-state index is 12.1. The number of hydrogen-bond donors (Lipinski definition) is 1. The number of likely N-dealkylation sites (tertiary alicyclic amines) is 1. The second kappa shape index (κ2) is 3.89.